The van der Waals surface area contributed by atoms with Crippen LogP contribution in [0.15, 0.2) is 12.7 Å². The van der Waals surface area contributed by atoms with E-state index >= 15 is 0 Å². The zero-order valence-electron chi connectivity index (χ0n) is 17.7. The van der Waals surface area contributed by atoms with E-state index in [0.717, 1.165) is 25.7 Å². The van der Waals surface area contributed by atoms with E-state index in [1.54, 1.807) is 0 Å². The second kappa shape index (κ2) is 17.5. The molecule has 164 valence electrons. The van der Waals surface area contributed by atoms with Crippen LogP contribution in [0.3, 0.4) is 0 Å². The number of rotatable bonds is 17. The molecule has 0 aliphatic rings. The summed E-state index contributed by atoms with van der Waals surface area (Å²) in [7, 11) is 0. The van der Waals surface area contributed by atoms with Crippen LogP contribution in [-0.4, -0.2) is 70.3 Å². The third-order valence-electron chi connectivity index (χ3n) is 3.24. The quantitative estimate of drug-likeness (QED) is 0.287. The van der Waals surface area contributed by atoms with Crippen molar-refractivity contribution >= 4 is 12.0 Å². The number of ether oxygens (including phenoxy) is 4. The summed E-state index contributed by atoms with van der Waals surface area (Å²) < 4.78 is 21.6. The molecular weight excluding hydrogens is 364 g/mol. The molecule has 0 rings (SSSR count). The Morgan fingerprint density at radius 3 is 1.64 bits per heavy atom. The van der Waals surface area contributed by atoms with E-state index in [1.165, 1.54) is 6.08 Å². The summed E-state index contributed by atoms with van der Waals surface area (Å²) in [6.45, 7) is 13.8. The highest BCUT2D eigenvalue weighted by Gasteiger charge is 2.15. The van der Waals surface area contributed by atoms with E-state index in [4.69, 9.17) is 18.9 Å². The third kappa shape index (κ3) is 20.7. The second-order valence-electron chi connectivity index (χ2n) is 7.18. The Balaban J connectivity index is 3.17. The number of hydrogen-bond donors (Lipinski definition) is 2. The van der Waals surface area contributed by atoms with Crippen molar-refractivity contribution in [3.8, 4) is 0 Å². The van der Waals surface area contributed by atoms with Gasteiger partial charge in [0.05, 0.1) is 0 Å². The Hall–Kier alpha value is -1.64. The van der Waals surface area contributed by atoms with Crippen molar-refractivity contribution < 1.29 is 28.5 Å². The molecule has 0 aliphatic carbocycles. The lowest BCUT2D eigenvalue weighted by atomic mass is 10.2. The van der Waals surface area contributed by atoms with Crippen LogP contribution >= 0.6 is 0 Å². The molecule has 0 bridgehead atoms. The lowest BCUT2D eigenvalue weighted by molar-refractivity contribution is -0.116. The first-order valence-electron chi connectivity index (χ1n) is 9.95. The van der Waals surface area contributed by atoms with Crippen LogP contribution in [-0.2, 0) is 23.7 Å². The van der Waals surface area contributed by atoms with Gasteiger partial charge in [0.2, 0.25) is 5.91 Å². The molecule has 0 spiro atoms. The molecule has 0 atom stereocenters. The highest BCUT2D eigenvalue weighted by atomic mass is 16.6. The van der Waals surface area contributed by atoms with Gasteiger partial charge >= 0.3 is 6.09 Å². The normalized spacial score (nSPS) is 11.1. The number of carbonyl (C=O) groups excluding carboxylic acids is 2. The molecular formula is C20H38N2O6. The van der Waals surface area contributed by atoms with Crippen LogP contribution in [0.2, 0.25) is 0 Å². The molecule has 0 unspecified atom stereocenters. The summed E-state index contributed by atoms with van der Waals surface area (Å²) in [6, 6.07) is 0. The third-order valence-corrected chi connectivity index (χ3v) is 3.24. The van der Waals surface area contributed by atoms with E-state index in [0.29, 0.717) is 52.7 Å². The van der Waals surface area contributed by atoms with E-state index in [2.05, 4.69) is 17.2 Å². The minimum absolute atomic E-state index is 0.158. The fourth-order valence-corrected chi connectivity index (χ4v) is 1.97. The monoisotopic (exact) mass is 402 g/mol. The van der Waals surface area contributed by atoms with Crippen molar-refractivity contribution in [3.63, 3.8) is 0 Å². The van der Waals surface area contributed by atoms with Crippen LogP contribution in [0.25, 0.3) is 0 Å². The van der Waals surface area contributed by atoms with Crippen LogP contribution in [0, 0.1) is 0 Å². The number of alkyl carbamates (subject to hydrolysis) is 1. The van der Waals surface area contributed by atoms with Crippen molar-refractivity contribution in [1.82, 2.24) is 10.6 Å². The SMILES string of the molecule is C=CC(=O)NCCCOCCCOCCCOCCCNC(=O)OC(C)(C)C. The van der Waals surface area contributed by atoms with Gasteiger partial charge in [-0.25, -0.2) is 4.79 Å². The van der Waals surface area contributed by atoms with Crippen LogP contribution < -0.4 is 10.6 Å². The highest BCUT2D eigenvalue weighted by Crippen LogP contribution is 2.06. The molecule has 0 aliphatic heterocycles. The van der Waals surface area contributed by atoms with Gasteiger partial charge in [-0.2, -0.15) is 0 Å². The summed E-state index contributed by atoms with van der Waals surface area (Å²) in [4.78, 5) is 22.3. The first-order valence-corrected chi connectivity index (χ1v) is 9.95. The maximum atomic E-state index is 11.4. The topological polar surface area (TPSA) is 95.1 Å². The first-order chi connectivity index (χ1) is 13.3. The Kier molecular flexibility index (Phi) is 16.4. The van der Waals surface area contributed by atoms with E-state index < -0.39 is 11.7 Å². The summed E-state index contributed by atoms with van der Waals surface area (Å²) in [5, 5.41) is 5.39. The molecule has 0 saturated carbocycles. The standard InChI is InChI=1S/C20H38N2O6/c1-5-18(23)21-10-6-12-25-14-8-16-27-17-9-15-26-13-7-11-22-19(24)28-20(2,3)4/h5H,1,6-17H2,2-4H3,(H,21,23)(H,22,24). The number of amides is 2. The summed E-state index contributed by atoms with van der Waals surface area (Å²) in [6.07, 6.45) is 4.07. The largest absolute Gasteiger partial charge is 0.444 e. The smallest absolute Gasteiger partial charge is 0.407 e. The lowest BCUT2D eigenvalue weighted by Crippen LogP contribution is -2.33. The summed E-state index contributed by atoms with van der Waals surface area (Å²) in [5.41, 5.74) is -0.475. The van der Waals surface area contributed by atoms with Crippen LogP contribution in [0.1, 0.15) is 46.5 Å². The van der Waals surface area contributed by atoms with Gasteiger partial charge in [0.15, 0.2) is 0 Å². The molecule has 8 nitrogen and oxygen atoms in total. The predicted octanol–water partition coefficient (Wildman–Crippen LogP) is 2.42. The number of hydrogen-bond acceptors (Lipinski definition) is 6. The number of carbonyl (C=O) groups is 2. The maximum Gasteiger partial charge on any atom is 0.407 e. The fraction of sp³-hybridized carbons (Fsp3) is 0.800. The van der Waals surface area contributed by atoms with Crippen molar-refractivity contribution in [2.24, 2.45) is 0 Å². The highest BCUT2D eigenvalue weighted by molar-refractivity contribution is 5.86. The lowest BCUT2D eigenvalue weighted by Gasteiger charge is -2.19. The van der Waals surface area contributed by atoms with Crippen molar-refractivity contribution in [1.29, 1.82) is 0 Å². The van der Waals surface area contributed by atoms with Gasteiger partial charge in [0.25, 0.3) is 0 Å². The summed E-state index contributed by atoms with van der Waals surface area (Å²) in [5.74, 6) is -0.158. The van der Waals surface area contributed by atoms with Crippen LogP contribution in [0.4, 0.5) is 4.79 Å². The molecule has 28 heavy (non-hydrogen) atoms. The summed E-state index contributed by atoms with van der Waals surface area (Å²) >= 11 is 0. The minimum atomic E-state index is -0.475. The molecule has 0 aromatic carbocycles. The average Bonchev–Trinajstić information content (AvgIpc) is 2.62. The Morgan fingerprint density at radius 1 is 0.786 bits per heavy atom. The van der Waals surface area contributed by atoms with Gasteiger partial charge in [0, 0.05) is 52.7 Å². The molecule has 0 aromatic rings. The van der Waals surface area contributed by atoms with Crippen molar-refractivity contribution in [2.45, 2.75) is 52.1 Å². The van der Waals surface area contributed by atoms with E-state index in [1.807, 2.05) is 20.8 Å². The minimum Gasteiger partial charge on any atom is -0.444 e. The molecule has 8 heteroatoms. The molecule has 2 amide bonds. The molecule has 0 aromatic heterocycles. The first kappa shape index (κ1) is 26.4. The molecule has 0 fully saturated rings. The van der Waals surface area contributed by atoms with Gasteiger partial charge in [-0.15, -0.1) is 0 Å². The van der Waals surface area contributed by atoms with Gasteiger partial charge in [-0.3, -0.25) is 4.79 Å². The van der Waals surface area contributed by atoms with Crippen molar-refractivity contribution in [3.05, 3.63) is 12.7 Å². The van der Waals surface area contributed by atoms with Crippen LogP contribution in [0.5, 0.6) is 0 Å². The van der Waals surface area contributed by atoms with Gasteiger partial charge in [-0.05, 0) is 52.5 Å². The zero-order chi connectivity index (χ0) is 21.1. The molecule has 2 N–H and O–H groups in total. The van der Waals surface area contributed by atoms with E-state index in [9.17, 15) is 9.59 Å². The number of nitrogens with one attached hydrogen (secondary N) is 2. The predicted molar refractivity (Wildman–Crippen MR) is 108 cm³/mol. The average molecular weight is 403 g/mol. The molecule has 0 saturated heterocycles. The fourth-order valence-electron chi connectivity index (χ4n) is 1.97. The van der Waals surface area contributed by atoms with Gasteiger partial charge in [-0.1, -0.05) is 6.58 Å². The molecule has 0 radical (unpaired) electrons. The van der Waals surface area contributed by atoms with E-state index in [-0.39, 0.29) is 5.91 Å². The van der Waals surface area contributed by atoms with Crippen molar-refractivity contribution in [2.75, 3.05) is 52.7 Å². The maximum absolute atomic E-state index is 11.4. The van der Waals surface area contributed by atoms with Gasteiger partial charge < -0.3 is 29.6 Å². The second-order valence-corrected chi connectivity index (χ2v) is 7.18. The Morgan fingerprint density at radius 2 is 1.21 bits per heavy atom. The Bertz CT molecular complexity index is 423. The zero-order valence-corrected chi connectivity index (χ0v) is 17.7. The Labute approximate surface area is 169 Å². The molecule has 0 heterocycles. The van der Waals surface area contributed by atoms with Gasteiger partial charge in [0.1, 0.15) is 5.60 Å².